The standard InChI is InChI=1S/C16H17N3O/c1-3-7-13-10-14(20)19-16(17-13)11(2)15(18-19)12-8-5-4-6-9-12/h4-6,8-10,18H,3,7H2,1-2H3. The zero-order chi connectivity index (χ0) is 14.1. The summed E-state index contributed by atoms with van der Waals surface area (Å²) in [4.78, 5) is 16.8. The first-order chi connectivity index (χ1) is 9.70. The number of fused-ring (bicyclic) bond motifs is 1. The molecule has 0 unspecified atom stereocenters. The van der Waals surface area contributed by atoms with Crippen molar-refractivity contribution >= 4 is 5.65 Å². The number of aryl methyl sites for hydroxylation is 2. The van der Waals surface area contributed by atoms with E-state index in [1.807, 2.05) is 37.3 Å². The first-order valence-corrected chi connectivity index (χ1v) is 6.87. The number of aromatic amines is 1. The van der Waals surface area contributed by atoms with Crippen LogP contribution in [0.25, 0.3) is 16.9 Å². The summed E-state index contributed by atoms with van der Waals surface area (Å²) in [5.74, 6) is 0. The van der Waals surface area contributed by atoms with Crippen LogP contribution in [-0.2, 0) is 6.42 Å². The summed E-state index contributed by atoms with van der Waals surface area (Å²) in [5, 5.41) is 3.16. The van der Waals surface area contributed by atoms with Crippen molar-refractivity contribution < 1.29 is 0 Å². The molecule has 0 spiro atoms. The Morgan fingerprint density at radius 3 is 2.70 bits per heavy atom. The van der Waals surface area contributed by atoms with Crippen molar-refractivity contribution in [2.45, 2.75) is 26.7 Å². The van der Waals surface area contributed by atoms with Crippen LogP contribution in [0.5, 0.6) is 0 Å². The number of rotatable bonds is 3. The van der Waals surface area contributed by atoms with Crippen molar-refractivity contribution in [3.63, 3.8) is 0 Å². The number of hydrogen-bond donors (Lipinski definition) is 1. The van der Waals surface area contributed by atoms with E-state index in [0.29, 0.717) is 0 Å². The van der Waals surface area contributed by atoms with Crippen LogP contribution in [0.4, 0.5) is 0 Å². The van der Waals surface area contributed by atoms with Gasteiger partial charge in [0, 0.05) is 17.3 Å². The SMILES string of the molecule is CCCc1cc(=O)n2[nH]c(-c3ccccc3)c(C)c2n1. The van der Waals surface area contributed by atoms with E-state index in [4.69, 9.17) is 0 Å². The number of aromatic nitrogens is 3. The first kappa shape index (κ1) is 12.7. The molecule has 2 aromatic heterocycles. The second kappa shape index (κ2) is 4.96. The maximum atomic E-state index is 12.2. The zero-order valence-corrected chi connectivity index (χ0v) is 11.7. The Balaban J connectivity index is 2.25. The minimum absolute atomic E-state index is 0.0521. The van der Waals surface area contributed by atoms with E-state index in [1.54, 1.807) is 6.07 Å². The molecular formula is C16H17N3O. The van der Waals surface area contributed by atoms with E-state index in [1.165, 1.54) is 4.52 Å². The maximum Gasteiger partial charge on any atom is 0.272 e. The van der Waals surface area contributed by atoms with Gasteiger partial charge in [-0.1, -0.05) is 43.7 Å². The topological polar surface area (TPSA) is 50.2 Å². The van der Waals surface area contributed by atoms with Crippen molar-refractivity contribution in [1.82, 2.24) is 14.6 Å². The molecule has 3 rings (SSSR count). The van der Waals surface area contributed by atoms with Crippen LogP contribution in [0, 0.1) is 6.92 Å². The van der Waals surface area contributed by atoms with E-state index >= 15 is 0 Å². The Morgan fingerprint density at radius 1 is 1.25 bits per heavy atom. The summed E-state index contributed by atoms with van der Waals surface area (Å²) < 4.78 is 1.52. The Kier molecular flexibility index (Phi) is 3.14. The van der Waals surface area contributed by atoms with Crippen LogP contribution in [0.15, 0.2) is 41.2 Å². The Bertz CT molecular complexity index is 800. The van der Waals surface area contributed by atoms with Crippen molar-refractivity contribution in [3.05, 3.63) is 58.0 Å². The molecule has 4 nitrogen and oxygen atoms in total. The van der Waals surface area contributed by atoms with Gasteiger partial charge in [0.25, 0.3) is 5.56 Å². The minimum Gasteiger partial charge on any atom is -0.289 e. The van der Waals surface area contributed by atoms with Gasteiger partial charge in [-0.15, -0.1) is 0 Å². The molecule has 2 heterocycles. The van der Waals surface area contributed by atoms with Gasteiger partial charge in [0.2, 0.25) is 0 Å². The van der Waals surface area contributed by atoms with Gasteiger partial charge in [-0.2, -0.15) is 0 Å². The normalized spacial score (nSPS) is 11.1. The Hall–Kier alpha value is -2.36. The van der Waals surface area contributed by atoms with Crippen LogP contribution >= 0.6 is 0 Å². The van der Waals surface area contributed by atoms with Crippen molar-refractivity contribution in [2.24, 2.45) is 0 Å². The molecule has 0 aliphatic carbocycles. The molecule has 0 saturated carbocycles. The quantitative estimate of drug-likeness (QED) is 0.793. The summed E-state index contributed by atoms with van der Waals surface area (Å²) >= 11 is 0. The highest BCUT2D eigenvalue weighted by Gasteiger charge is 2.12. The fourth-order valence-electron chi connectivity index (χ4n) is 2.47. The lowest BCUT2D eigenvalue weighted by Crippen LogP contribution is -2.15. The number of hydrogen-bond acceptors (Lipinski definition) is 2. The third-order valence-electron chi connectivity index (χ3n) is 3.47. The highest BCUT2D eigenvalue weighted by molar-refractivity contribution is 5.69. The third kappa shape index (κ3) is 2.03. The lowest BCUT2D eigenvalue weighted by Gasteiger charge is -1.98. The van der Waals surface area contributed by atoms with Gasteiger partial charge in [0.05, 0.1) is 5.69 Å². The monoisotopic (exact) mass is 267 g/mol. The molecule has 0 fully saturated rings. The molecule has 0 aliphatic heterocycles. The average molecular weight is 267 g/mol. The molecule has 0 saturated heterocycles. The fourth-order valence-corrected chi connectivity index (χ4v) is 2.47. The summed E-state index contributed by atoms with van der Waals surface area (Å²) in [6, 6.07) is 11.6. The third-order valence-corrected chi connectivity index (χ3v) is 3.47. The molecular weight excluding hydrogens is 250 g/mol. The van der Waals surface area contributed by atoms with E-state index in [9.17, 15) is 4.79 Å². The van der Waals surface area contributed by atoms with E-state index in [-0.39, 0.29) is 5.56 Å². The van der Waals surface area contributed by atoms with Gasteiger partial charge in [0.15, 0.2) is 5.65 Å². The predicted octanol–water partition coefficient (Wildman–Crippen LogP) is 2.95. The Labute approximate surface area is 117 Å². The molecule has 0 aliphatic rings. The minimum atomic E-state index is -0.0521. The average Bonchev–Trinajstić information content (AvgIpc) is 2.79. The molecule has 102 valence electrons. The highest BCUT2D eigenvalue weighted by Crippen LogP contribution is 2.23. The maximum absolute atomic E-state index is 12.2. The fraction of sp³-hybridized carbons (Fsp3) is 0.250. The van der Waals surface area contributed by atoms with Gasteiger partial charge in [-0.3, -0.25) is 9.89 Å². The summed E-state index contributed by atoms with van der Waals surface area (Å²) in [6.07, 6.45) is 1.81. The van der Waals surface area contributed by atoms with Gasteiger partial charge in [-0.25, -0.2) is 9.50 Å². The van der Waals surface area contributed by atoms with Gasteiger partial charge in [-0.05, 0) is 18.9 Å². The number of H-pyrrole nitrogens is 1. The molecule has 0 atom stereocenters. The first-order valence-electron chi connectivity index (χ1n) is 6.87. The lowest BCUT2D eigenvalue weighted by molar-refractivity contribution is 0.840. The van der Waals surface area contributed by atoms with Crippen LogP contribution in [0.3, 0.4) is 0 Å². The summed E-state index contributed by atoms with van der Waals surface area (Å²) in [7, 11) is 0. The Morgan fingerprint density at radius 2 is 2.00 bits per heavy atom. The van der Waals surface area contributed by atoms with Crippen LogP contribution < -0.4 is 5.56 Å². The smallest absolute Gasteiger partial charge is 0.272 e. The zero-order valence-electron chi connectivity index (χ0n) is 11.7. The van der Waals surface area contributed by atoms with Crippen LogP contribution in [0.2, 0.25) is 0 Å². The van der Waals surface area contributed by atoms with Crippen molar-refractivity contribution in [1.29, 1.82) is 0 Å². The van der Waals surface area contributed by atoms with Crippen molar-refractivity contribution in [2.75, 3.05) is 0 Å². The second-order valence-corrected chi connectivity index (χ2v) is 4.97. The second-order valence-electron chi connectivity index (χ2n) is 4.97. The molecule has 1 N–H and O–H groups in total. The van der Waals surface area contributed by atoms with Crippen molar-refractivity contribution in [3.8, 4) is 11.3 Å². The highest BCUT2D eigenvalue weighted by atomic mass is 16.1. The molecule has 20 heavy (non-hydrogen) atoms. The lowest BCUT2D eigenvalue weighted by atomic mass is 10.1. The van der Waals surface area contributed by atoms with Crippen LogP contribution in [-0.4, -0.2) is 14.6 Å². The predicted molar refractivity (Wildman–Crippen MR) is 80.0 cm³/mol. The van der Waals surface area contributed by atoms with Gasteiger partial charge < -0.3 is 0 Å². The number of nitrogens with one attached hydrogen (secondary N) is 1. The molecule has 0 bridgehead atoms. The van der Waals surface area contributed by atoms with Gasteiger partial charge in [0.1, 0.15) is 0 Å². The van der Waals surface area contributed by atoms with Gasteiger partial charge >= 0.3 is 0 Å². The van der Waals surface area contributed by atoms with E-state index in [2.05, 4.69) is 17.0 Å². The molecule has 0 radical (unpaired) electrons. The number of nitrogens with zero attached hydrogens (tertiary/aromatic N) is 2. The summed E-state index contributed by atoms with van der Waals surface area (Å²) in [6.45, 7) is 4.08. The largest absolute Gasteiger partial charge is 0.289 e. The molecule has 1 aromatic carbocycles. The van der Waals surface area contributed by atoms with E-state index in [0.717, 1.165) is 41.0 Å². The van der Waals surface area contributed by atoms with E-state index < -0.39 is 0 Å². The molecule has 0 amide bonds. The molecule has 4 heteroatoms. The molecule has 3 aromatic rings. The number of benzene rings is 1. The van der Waals surface area contributed by atoms with Crippen LogP contribution in [0.1, 0.15) is 24.6 Å². The summed E-state index contributed by atoms with van der Waals surface area (Å²) in [5.41, 5.74) is 4.55.